The van der Waals surface area contributed by atoms with Crippen LogP contribution in [0.2, 0.25) is 0 Å². The molecule has 4 aromatic heterocycles. The first-order valence-corrected chi connectivity index (χ1v) is 27.4. The summed E-state index contributed by atoms with van der Waals surface area (Å²) in [5.74, 6) is 2.28. The van der Waals surface area contributed by atoms with E-state index in [1.807, 2.05) is 81.4 Å². The van der Waals surface area contributed by atoms with Crippen LogP contribution in [0.25, 0.3) is 44.6 Å². The van der Waals surface area contributed by atoms with Gasteiger partial charge in [-0.1, -0.05) is 24.3 Å². The number of carbonyl (C=O) groups excluding carboxylic acids is 3. The minimum absolute atomic E-state index is 0. The van der Waals surface area contributed by atoms with Gasteiger partial charge in [-0.25, -0.2) is 14.8 Å². The number of piperidine rings is 2. The summed E-state index contributed by atoms with van der Waals surface area (Å²) in [6, 6.07) is 25.5. The zero-order valence-electron chi connectivity index (χ0n) is 45.9. The molecular weight excluding hydrogens is 1060 g/mol. The van der Waals surface area contributed by atoms with Crippen LogP contribution in [0, 0.1) is 11.8 Å². The lowest BCUT2D eigenvalue weighted by molar-refractivity contribution is 0.0204. The number of nitrogens with one attached hydrogen (secondary N) is 3. The Balaban J connectivity index is 0.000000208. The van der Waals surface area contributed by atoms with Crippen molar-refractivity contribution in [1.29, 1.82) is 0 Å². The highest BCUT2D eigenvalue weighted by molar-refractivity contribution is 5.98. The third kappa shape index (κ3) is 13.7. The number of aromatic amines is 2. The number of rotatable bonds is 16. The molecule has 4 fully saturated rings. The highest BCUT2D eigenvalue weighted by atomic mass is 35.5. The van der Waals surface area contributed by atoms with Crippen molar-refractivity contribution in [3.8, 4) is 51.3 Å². The van der Waals surface area contributed by atoms with Crippen molar-refractivity contribution in [3.63, 3.8) is 0 Å². The summed E-state index contributed by atoms with van der Waals surface area (Å²) in [6.45, 7) is 9.75. The molecule has 3 aromatic carbocycles. The molecule has 19 nitrogen and oxygen atoms in total. The predicted octanol–water partition coefficient (Wildman–Crippen LogP) is 9.25. The molecule has 0 bridgehead atoms. The molecule has 2 saturated carbocycles. The molecule has 20 heteroatoms. The predicted molar refractivity (Wildman–Crippen MR) is 310 cm³/mol. The van der Waals surface area contributed by atoms with Crippen LogP contribution >= 0.6 is 12.4 Å². The highest BCUT2D eigenvalue weighted by Crippen LogP contribution is 2.44. The molecule has 4 aliphatic rings. The number of likely N-dealkylation sites (tertiary alicyclic amines) is 1. The van der Waals surface area contributed by atoms with Gasteiger partial charge in [0.25, 0.3) is 22.9 Å². The number of methoxy groups -OCH3 is 1. The monoisotopic (exact) mass is 1120 g/mol. The number of pyridine rings is 4. The van der Waals surface area contributed by atoms with E-state index in [2.05, 4.69) is 20.3 Å². The summed E-state index contributed by atoms with van der Waals surface area (Å²) in [4.78, 5) is 79.0. The average Bonchev–Trinajstić information content (AvgIpc) is 4.61. The van der Waals surface area contributed by atoms with Gasteiger partial charge >= 0.3 is 6.09 Å². The van der Waals surface area contributed by atoms with Crippen LogP contribution in [0.15, 0.2) is 94.5 Å². The topological polar surface area (TPSA) is 276 Å². The zero-order valence-corrected chi connectivity index (χ0v) is 46.7. The van der Waals surface area contributed by atoms with Gasteiger partial charge in [-0.3, -0.25) is 19.2 Å². The Labute approximate surface area is 474 Å². The van der Waals surface area contributed by atoms with E-state index in [1.54, 1.807) is 30.2 Å². The van der Waals surface area contributed by atoms with Crippen LogP contribution < -0.4 is 46.9 Å². The lowest BCUT2D eigenvalue weighted by Gasteiger charge is -2.34. The fourth-order valence-corrected chi connectivity index (χ4v) is 10.3. The summed E-state index contributed by atoms with van der Waals surface area (Å²) < 4.78 is 29.7. The Hall–Kier alpha value is -8.16. The number of aromatic nitrogens is 4. The van der Waals surface area contributed by atoms with Crippen molar-refractivity contribution >= 4 is 52.4 Å². The Morgan fingerprint density at radius 3 is 1.63 bits per heavy atom. The van der Waals surface area contributed by atoms with Gasteiger partial charge in [0.2, 0.25) is 0 Å². The SMILES string of the molecule is COc1ccc(COc2cccc(OCC3CC3)c2-c2cc(C3CCN(C(=O)OC(C)(C)C)CC3)c3cc(C(N)=O)c(=O)[nH]c3n2)cc1.Cl.NC(=O)c1cc2c(C3CCNCC3)cc(-c3c(O)cccc3OCC3CC3)nc2[nH]c1=O. The lowest BCUT2D eigenvalue weighted by atomic mass is 9.86. The number of carbonyl (C=O) groups is 3. The van der Waals surface area contributed by atoms with E-state index in [0.717, 1.165) is 74.1 Å². The largest absolute Gasteiger partial charge is 0.507 e. The number of ether oxygens (including phenoxy) is 5. The maximum atomic E-state index is 13.0. The summed E-state index contributed by atoms with van der Waals surface area (Å²) in [6.07, 6.45) is 7.34. The van der Waals surface area contributed by atoms with Crippen molar-refractivity contribution in [2.75, 3.05) is 46.5 Å². The minimum atomic E-state index is -0.819. The van der Waals surface area contributed by atoms with Crippen molar-refractivity contribution in [2.45, 2.75) is 96.2 Å². The number of halogens is 1. The molecule has 7 aromatic rings. The fraction of sp³-hybridized carbons (Fsp3) is 0.393. The van der Waals surface area contributed by atoms with Crippen LogP contribution in [0.4, 0.5) is 4.79 Å². The molecule has 2 aliphatic heterocycles. The van der Waals surface area contributed by atoms with Gasteiger partial charge in [-0.05, 0) is 186 Å². The number of phenols is 1. The number of hydrogen-bond donors (Lipinski definition) is 6. The van der Waals surface area contributed by atoms with E-state index >= 15 is 0 Å². The van der Waals surface area contributed by atoms with Crippen molar-refractivity contribution in [3.05, 3.63) is 133 Å². The number of phenolic OH excluding ortho intramolecular Hbond substituents is 1. The van der Waals surface area contributed by atoms with Gasteiger partial charge in [0.1, 0.15) is 63.4 Å². The van der Waals surface area contributed by atoms with E-state index in [-0.39, 0.29) is 47.2 Å². The number of H-pyrrole nitrogens is 2. The van der Waals surface area contributed by atoms with Crippen molar-refractivity contribution < 1.29 is 43.2 Å². The summed E-state index contributed by atoms with van der Waals surface area (Å²) >= 11 is 0. The molecule has 0 radical (unpaired) electrons. The maximum absolute atomic E-state index is 13.0. The summed E-state index contributed by atoms with van der Waals surface area (Å²) in [5.41, 5.74) is 14.8. The van der Waals surface area contributed by atoms with Gasteiger partial charge in [-0.2, -0.15) is 0 Å². The quantitative estimate of drug-likeness (QED) is 0.0526. The molecule has 2 saturated heterocycles. The van der Waals surface area contributed by atoms with Crippen LogP contribution in [0.1, 0.15) is 121 Å². The Morgan fingerprint density at radius 1 is 0.654 bits per heavy atom. The molecule has 8 N–H and O–H groups in total. The number of primary amides is 2. The third-order valence-corrected chi connectivity index (χ3v) is 15.0. The second kappa shape index (κ2) is 24.7. The van der Waals surface area contributed by atoms with Gasteiger partial charge < -0.3 is 60.4 Å². The molecule has 11 rings (SSSR count). The summed E-state index contributed by atoms with van der Waals surface area (Å²) in [5, 5.41) is 15.4. The van der Waals surface area contributed by atoms with E-state index in [0.29, 0.717) is 119 Å². The zero-order chi connectivity index (χ0) is 56.2. The normalized spacial score (nSPS) is 15.7. The number of benzene rings is 3. The fourth-order valence-electron chi connectivity index (χ4n) is 10.3. The van der Waals surface area contributed by atoms with Crippen LogP contribution in [-0.2, 0) is 11.3 Å². The maximum Gasteiger partial charge on any atom is 0.410 e. The number of amides is 3. The minimum Gasteiger partial charge on any atom is -0.507 e. The van der Waals surface area contributed by atoms with E-state index in [9.17, 15) is 29.1 Å². The molecule has 3 amide bonds. The van der Waals surface area contributed by atoms with E-state index in [4.69, 9.17) is 40.1 Å². The second-order valence-corrected chi connectivity index (χ2v) is 22.2. The number of fused-ring (bicyclic) bond motifs is 2. The average molecular weight is 1130 g/mol. The molecule has 0 unspecified atom stereocenters. The first kappa shape index (κ1) is 57.5. The van der Waals surface area contributed by atoms with Gasteiger partial charge in [0, 0.05) is 23.9 Å². The van der Waals surface area contributed by atoms with Crippen molar-refractivity contribution in [2.24, 2.45) is 23.3 Å². The summed E-state index contributed by atoms with van der Waals surface area (Å²) in [7, 11) is 1.63. The second-order valence-electron chi connectivity index (χ2n) is 22.2. The number of nitrogens with zero attached hydrogens (tertiary/aromatic N) is 3. The smallest absolute Gasteiger partial charge is 0.410 e. The first-order valence-electron chi connectivity index (χ1n) is 27.4. The van der Waals surface area contributed by atoms with Gasteiger partial charge in [0.05, 0.1) is 42.8 Å². The Morgan fingerprint density at radius 2 is 1.14 bits per heavy atom. The number of hydrogen-bond acceptors (Lipinski definition) is 14. The molecule has 0 spiro atoms. The van der Waals surface area contributed by atoms with Gasteiger partial charge in [0.15, 0.2) is 0 Å². The first-order chi connectivity index (χ1) is 38.5. The van der Waals surface area contributed by atoms with Crippen LogP contribution in [0.3, 0.4) is 0 Å². The number of aromatic hydroxyl groups is 1. The third-order valence-electron chi connectivity index (χ3n) is 15.0. The molecule has 426 valence electrons. The van der Waals surface area contributed by atoms with Gasteiger partial charge in [-0.15, -0.1) is 12.4 Å². The highest BCUT2D eigenvalue weighted by Gasteiger charge is 2.31. The lowest BCUT2D eigenvalue weighted by Crippen LogP contribution is -2.41. The molecule has 6 heterocycles. The van der Waals surface area contributed by atoms with E-state index < -0.39 is 28.5 Å². The van der Waals surface area contributed by atoms with Crippen molar-refractivity contribution in [1.82, 2.24) is 30.2 Å². The molecule has 2 aliphatic carbocycles. The Bertz CT molecular complexity index is 3580. The molecule has 81 heavy (non-hydrogen) atoms. The van der Waals surface area contributed by atoms with Crippen LogP contribution in [0.5, 0.6) is 28.7 Å². The van der Waals surface area contributed by atoms with Crippen LogP contribution in [-0.4, -0.2) is 100.0 Å². The standard InChI is InChI=1S/C37H42N4O7.C24H26N4O4.ClH/c1-37(2,3)48-36(44)41-16-14-24(15-17-41)26-19-29(39-34-27(26)18-28(33(38)42)35(43)40-34)32-30(46-20-22-8-9-22)6-5-7-31(32)47-21-23-10-12-25(45-4)13-11-23;25-22(30)17-10-16-15(14-6-8-26-9-7-14)11-18(27-23(16)28-24(17)31)21-19(29)2-1-3-20(21)32-12-13-4-5-13;/h5-7,10-13,18-19,22,24H,8-9,14-17,20-21H2,1-4H3,(H2,38,42)(H,39,40,43);1-3,10-11,13-14,26,29H,4-9,12H2,(H2,25,30)(H,27,28,31);1H. The molecule has 0 atom stereocenters. The number of nitrogens with two attached hydrogens (primary N) is 2. The van der Waals surface area contributed by atoms with E-state index in [1.165, 1.54) is 6.07 Å². The molecular formula is C61H69ClN8O11. The Kier molecular flexibility index (Phi) is 17.5.